The largest absolute Gasteiger partial charge is 0.453 e. The van der Waals surface area contributed by atoms with Crippen LogP contribution in [0.4, 0.5) is 9.59 Å². The normalized spacial score (nSPS) is 17.5. The third kappa shape index (κ3) is 8.21. The zero-order chi connectivity index (χ0) is 41.9. The Kier molecular flexibility index (Phi) is 11.7. The van der Waals surface area contributed by atoms with Crippen molar-refractivity contribution in [1.82, 2.24) is 40.4 Å². The van der Waals surface area contributed by atoms with Crippen LogP contribution < -0.4 is 10.6 Å². The van der Waals surface area contributed by atoms with Gasteiger partial charge in [-0.05, 0) is 65.8 Å². The van der Waals surface area contributed by atoms with Gasteiger partial charge >= 0.3 is 12.2 Å². The Morgan fingerprint density at radius 1 is 0.783 bits per heavy atom. The second-order valence-corrected chi connectivity index (χ2v) is 16.6. The average molecular weight is 829 g/mol. The summed E-state index contributed by atoms with van der Waals surface area (Å²) < 4.78 is 10.7. The van der Waals surface area contributed by atoms with Crippen molar-refractivity contribution in [2.24, 2.45) is 5.92 Å². The molecule has 4 N–H and O–H groups in total. The standard InChI is InChI=1S/C45H48N8O6S/c1-26(2)38(50-44(56)58-3)42(54)52-20-8-12-34(52)40-46-24-32(48-40)27-14-16-28(17-15-27)36-23-31-19-18-30(22-37(31)60-36)33-25-47-41(49-33)35-13-9-21-53(35)43(55)39(51-45(57)59-4)29-10-6-5-7-11-29/h5-7,10-11,14-19,22-26,34-35,38-39H,8-9,12-13,20-21H2,1-4H3,(H,46,48)(H,47,49)(H,50,56)(H,51,57). The summed E-state index contributed by atoms with van der Waals surface area (Å²) in [5.41, 5.74) is 5.38. The van der Waals surface area contributed by atoms with Crippen LogP contribution in [0, 0.1) is 5.92 Å². The fraction of sp³-hybridized carbons (Fsp3) is 0.333. The summed E-state index contributed by atoms with van der Waals surface area (Å²) in [5.74, 6) is 0.976. The summed E-state index contributed by atoms with van der Waals surface area (Å²) in [6.45, 7) is 4.95. The highest BCUT2D eigenvalue weighted by Crippen LogP contribution is 2.39. The highest BCUT2D eigenvalue weighted by Gasteiger charge is 2.39. The Bertz CT molecular complexity index is 2500. The van der Waals surface area contributed by atoms with Crippen LogP contribution >= 0.6 is 11.3 Å². The maximum Gasteiger partial charge on any atom is 0.407 e. The number of thiophene rings is 1. The molecule has 14 nitrogen and oxygen atoms in total. The maximum atomic E-state index is 14.0. The van der Waals surface area contributed by atoms with Crippen LogP contribution in [-0.2, 0) is 19.1 Å². The number of benzene rings is 3. The van der Waals surface area contributed by atoms with E-state index in [0.717, 1.165) is 74.5 Å². The molecule has 2 saturated heterocycles. The van der Waals surface area contributed by atoms with E-state index in [2.05, 4.69) is 69.1 Å². The molecule has 2 fully saturated rings. The van der Waals surface area contributed by atoms with Gasteiger partial charge in [-0.2, -0.15) is 0 Å². The predicted molar refractivity (Wildman–Crippen MR) is 229 cm³/mol. The molecule has 8 rings (SSSR count). The molecule has 0 spiro atoms. The van der Waals surface area contributed by atoms with Crippen molar-refractivity contribution in [2.45, 2.75) is 63.7 Å². The number of aromatic amines is 2. The minimum Gasteiger partial charge on any atom is -0.453 e. The molecule has 6 aromatic rings. The van der Waals surface area contributed by atoms with E-state index in [4.69, 9.17) is 19.4 Å². The molecule has 4 unspecified atom stereocenters. The van der Waals surface area contributed by atoms with E-state index in [1.54, 1.807) is 16.2 Å². The van der Waals surface area contributed by atoms with Crippen LogP contribution in [0.1, 0.15) is 74.9 Å². The monoisotopic (exact) mass is 828 g/mol. The lowest BCUT2D eigenvalue weighted by atomic mass is 10.0. The average Bonchev–Trinajstić information content (AvgIpc) is 4.13. The van der Waals surface area contributed by atoms with E-state index in [9.17, 15) is 19.2 Å². The fourth-order valence-electron chi connectivity index (χ4n) is 8.24. The highest BCUT2D eigenvalue weighted by atomic mass is 32.1. The summed E-state index contributed by atoms with van der Waals surface area (Å²) in [7, 11) is 2.57. The first-order chi connectivity index (χ1) is 29.1. The minimum atomic E-state index is -0.881. The summed E-state index contributed by atoms with van der Waals surface area (Å²) >= 11 is 1.71. The number of alkyl carbamates (subject to hydrolysis) is 2. The van der Waals surface area contributed by atoms with Gasteiger partial charge < -0.3 is 39.9 Å². The van der Waals surface area contributed by atoms with Crippen LogP contribution in [-0.4, -0.2) is 87.1 Å². The number of likely N-dealkylation sites (tertiary alicyclic amines) is 2. The van der Waals surface area contributed by atoms with Gasteiger partial charge in [0.1, 0.15) is 23.7 Å². The molecule has 3 aromatic heterocycles. The third-order valence-electron chi connectivity index (χ3n) is 11.4. The van der Waals surface area contributed by atoms with Crippen molar-refractivity contribution < 1.29 is 28.7 Å². The number of carbonyl (C=O) groups excluding carboxylic acids is 4. The smallest absolute Gasteiger partial charge is 0.407 e. The Hall–Kier alpha value is -6.48. The zero-order valence-electron chi connectivity index (χ0n) is 33.9. The topological polar surface area (TPSA) is 175 Å². The molecule has 0 saturated carbocycles. The van der Waals surface area contributed by atoms with E-state index in [1.165, 1.54) is 14.2 Å². The molecule has 2 aliphatic heterocycles. The molecule has 310 valence electrons. The number of aromatic nitrogens is 4. The Morgan fingerprint density at radius 3 is 2.13 bits per heavy atom. The molecule has 0 radical (unpaired) electrons. The minimum absolute atomic E-state index is 0.107. The second kappa shape index (κ2) is 17.4. The van der Waals surface area contributed by atoms with Crippen LogP contribution in [0.15, 0.2) is 91.3 Å². The molecule has 4 amide bonds. The molecule has 0 bridgehead atoms. The highest BCUT2D eigenvalue weighted by molar-refractivity contribution is 7.22. The molecular weight excluding hydrogens is 781 g/mol. The summed E-state index contributed by atoms with van der Waals surface area (Å²) in [6, 6.07) is 24.0. The van der Waals surface area contributed by atoms with Gasteiger partial charge in [0, 0.05) is 34.4 Å². The van der Waals surface area contributed by atoms with Gasteiger partial charge in [0.15, 0.2) is 0 Å². The number of methoxy groups -OCH3 is 2. The number of nitrogens with one attached hydrogen (secondary N) is 4. The molecule has 2 aliphatic rings. The lowest BCUT2D eigenvalue weighted by Crippen LogP contribution is -2.51. The van der Waals surface area contributed by atoms with Gasteiger partial charge in [-0.15, -0.1) is 11.3 Å². The Labute approximate surface area is 351 Å². The fourth-order valence-corrected chi connectivity index (χ4v) is 9.35. The number of ether oxygens (including phenoxy) is 2. The van der Waals surface area contributed by atoms with E-state index >= 15 is 0 Å². The van der Waals surface area contributed by atoms with Crippen molar-refractivity contribution in [3.05, 3.63) is 108 Å². The van der Waals surface area contributed by atoms with Crippen LogP contribution in [0.2, 0.25) is 0 Å². The van der Waals surface area contributed by atoms with Crippen molar-refractivity contribution >= 4 is 45.4 Å². The van der Waals surface area contributed by atoms with E-state index < -0.39 is 24.3 Å². The number of H-pyrrole nitrogens is 2. The van der Waals surface area contributed by atoms with Gasteiger partial charge in [0.05, 0.1) is 43.9 Å². The summed E-state index contributed by atoms with van der Waals surface area (Å²) in [6.07, 6.45) is 5.61. The van der Waals surface area contributed by atoms with E-state index in [-0.39, 0.29) is 29.8 Å². The zero-order valence-corrected chi connectivity index (χ0v) is 34.8. The Morgan fingerprint density at radius 2 is 1.43 bits per heavy atom. The maximum absolute atomic E-state index is 14.0. The number of nitrogens with zero attached hydrogens (tertiary/aromatic N) is 4. The molecule has 60 heavy (non-hydrogen) atoms. The molecular formula is C45H48N8O6S. The van der Waals surface area contributed by atoms with Crippen molar-refractivity contribution in [3.63, 3.8) is 0 Å². The first-order valence-corrected chi connectivity index (χ1v) is 21.0. The lowest BCUT2D eigenvalue weighted by Gasteiger charge is -2.30. The first kappa shape index (κ1) is 40.3. The first-order valence-electron chi connectivity index (χ1n) is 20.2. The quantitative estimate of drug-likeness (QED) is 0.101. The summed E-state index contributed by atoms with van der Waals surface area (Å²) in [4.78, 5) is 73.0. The van der Waals surface area contributed by atoms with E-state index in [0.29, 0.717) is 24.5 Å². The number of hydrogen-bond donors (Lipinski definition) is 4. The third-order valence-corrected chi connectivity index (χ3v) is 12.6. The molecule has 3 aromatic carbocycles. The van der Waals surface area contributed by atoms with Crippen LogP contribution in [0.3, 0.4) is 0 Å². The Balaban J connectivity index is 0.953. The summed E-state index contributed by atoms with van der Waals surface area (Å²) in [5, 5.41) is 6.55. The number of hydrogen-bond acceptors (Lipinski definition) is 9. The van der Waals surface area contributed by atoms with Gasteiger partial charge in [0.2, 0.25) is 5.91 Å². The van der Waals surface area contributed by atoms with Crippen LogP contribution in [0.25, 0.3) is 43.0 Å². The number of fused-ring (bicyclic) bond motifs is 1. The SMILES string of the molecule is COC(=O)NC(C(=O)N1CCCC1c1nc(-c2ccc3cc(-c4ccc(-c5cnc(C6CCCN6C(=O)C(NC(=O)OC)C(C)C)[nH]5)cc4)sc3c2)c[nH]1)c1ccccc1. The van der Waals surface area contributed by atoms with E-state index in [1.807, 2.05) is 61.5 Å². The molecule has 15 heteroatoms. The van der Waals surface area contributed by atoms with Crippen molar-refractivity contribution in [1.29, 1.82) is 0 Å². The van der Waals surface area contributed by atoms with Gasteiger partial charge in [0.25, 0.3) is 5.91 Å². The molecule has 5 heterocycles. The van der Waals surface area contributed by atoms with Crippen molar-refractivity contribution in [3.8, 4) is 33.0 Å². The lowest BCUT2D eigenvalue weighted by molar-refractivity contribution is -0.135. The number of imidazole rings is 2. The predicted octanol–water partition coefficient (Wildman–Crippen LogP) is 8.15. The number of rotatable bonds is 11. The van der Waals surface area contributed by atoms with Gasteiger partial charge in [-0.3, -0.25) is 9.59 Å². The second-order valence-electron chi connectivity index (χ2n) is 15.5. The van der Waals surface area contributed by atoms with Gasteiger partial charge in [-0.1, -0.05) is 80.6 Å². The number of carbonyl (C=O) groups is 4. The number of amides is 4. The van der Waals surface area contributed by atoms with Crippen molar-refractivity contribution in [2.75, 3.05) is 27.3 Å². The van der Waals surface area contributed by atoms with Crippen LogP contribution in [0.5, 0.6) is 0 Å². The molecule has 4 atom stereocenters. The molecule has 0 aliphatic carbocycles. The van der Waals surface area contributed by atoms with Gasteiger partial charge in [-0.25, -0.2) is 19.6 Å².